The molecule has 8 nitrogen and oxygen atoms in total. The summed E-state index contributed by atoms with van der Waals surface area (Å²) in [5, 5.41) is 9.70. The van der Waals surface area contributed by atoms with Crippen LogP contribution in [0.25, 0.3) is 0 Å². The number of fused-ring (bicyclic) bond motifs is 1. The largest absolute Gasteiger partial charge is 0.484 e. The molecular formula is C20H18BrN5O3. The number of nitrogens with one attached hydrogen (secondary N) is 2. The number of carbonyl (C=O) groups excluding carboxylic acids is 2. The number of hydrogen-bond donors (Lipinski definition) is 2. The van der Waals surface area contributed by atoms with Gasteiger partial charge < -0.3 is 10.1 Å². The maximum Gasteiger partial charge on any atom is 0.262 e. The predicted molar refractivity (Wildman–Crippen MR) is 111 cm³/mol. The van der Waals surface area contributed by atoms with E-state index in [2.05, 4.69) is 36.6 Å². The molecule has 0 fully saturated rings. The minimum absolute atomic E-state index is 0.119. The first-order valence-corrected chi connectivity index (χ1v) is 9.77. The zero-order valence-electron chi connectivity index (χ0n) is 15.6. The van der Waals surface area contributed by atoms with Gasteiger partial charge in [0.1, 0.15) is 12.1 Å². The fourth-order valence-electron chi connectivity index (χ4n) is 3.14. The number of amides is 2. The molecule has 2 aromatic carbocycles. The van der Waals surface area contributed by atoms with Crippen LogP contribution in [0.3, 0.4) is 0 Å². The van der Waals surface area contributed by atoms with E-state index < -0.39 is 0 Å². The maximum absolute atomic E-state index is 12.2. The van der Waals surface area contributed by atoms with E-state index >= 15 is 0 Å². The summed E-state index contributed by atoms with van der Waals surface area (Å²) < 4.78 is 8.31. The zero-order chi connectivity index (χ0) is 20.4. The average molecular weight is 456 g/mol. The van der Waals surface area contributed by atoms with E-state index in [9.17, 15) is 9.59 Å². The molecule has 4 rings (SSSR count). The first-order valence-electron chi connectivity index (χ1n) is 8.98. The molecule has 0 unspecified atom stereocenters. The second kappa shape index (κ2) is 8.04. The van der Waals surface area contributed by atoms with Crippen molar-refractivity contribution >= 4 is 39.4 Å². The molecule has 0 saturated carbocycles. The van der Waals surface area contributed by atoms with Crippen LogP contribution in [-0.4, -0.2) is 33.2 Å². The normalized spacial score (nSPS) is 15.4. The quantitative estimate of drug-likeness (QED) is 0.614. The van der Waals surface area contributed by atoms with Gasteiger partial charge in [-0.25, -0.2) is 4.68 Å². The van der Waals surface area contributed by atoms with Gasteiger partial charge in [0.15, 0.2) is 6.61 Å². The van der Waals surface area contributed by atoms with E-state index in [0.29, 0.717) is 17.4 Å². The highest BCUT2D eigenvalue weighted by Crippen LogP contribution is 2.30. The zero-order valence-corrected chi connectivity index (χ0v) is 17.1. The molecule has 1 aliphatic rings. The fraction of sp³-hybridized carbons (Fsp3) is 0.200. The van der Waals surface area contributed by atoms with E-state index in [1.807, 2.05) is 43.3 Å². The molecule has 29 heavy (non-hydrogen) atoms. The molecule has 148 valence electrons. The minimum Gasteiger partial charge on any atom is -0.484 e. The molecule has 3 aromatic rings. The third kappa shape index (κ3) is 4.29. The molecule has 2 heterocycles. The summed E-state index contributed by atoms with van der Waals surface area (Å²) in [6.07, 6.45) is 1.66. The van der Waals surface area contributed by atoms with Gasteiger partial charge in [0.05, 0.1) is 12.5 Å². The monoisotopic (exact) mass is 455 g/mol. The summed E-state index contributed by atoms with van der Waals surface area (Å²) in [7, 11) is 0. The van der Waals surface area contributed by atoms with Gasteiger partial charge in [-0.1, -0.05) is 28.1 Å². The Balaban J connectivity index is 1.42. The Morgan fingerprint density at radius 1 is 1.34 bits per heavy atom. The molecular weight excluding hydrogens is 438 g/mol. The lowest BCUT2D eigenvalue weighted by Gasteiger charge is -2.24. The second-order valence-corrected chi connectivity index (χ2v) is 7.52. The van der Waals surface area contributed by atoms with Crippen LogP contribution in [0.15, 0.2) is 53.3 Å². The van der Waals surface area contributed by atoms with Crippen molar-refractivity contribution in [2.24, 2.45) is 0 Å². The lowest BCUT2D eigenvalue weighted by molar-refractivity contribution is -0.118. The molecule has 2 N–H and O–H groups in total. The molecule has 1 aromatic heterocycles. The summed E-state index contributed by atoms with van der Waals surface area (Å²) >= 11 is 3.44. The van der Waals surface area contributed by atoms with Crippen molar-refractivity contribution < 1.29 is 14.3 Å². The van der Waals surface area contributed by atoms with Gasteiger partial charge in [-0.05, 0) is 48.4 Å². The Hall–Kier alpha value is -3.20. The second-order valence-electron chi connectivity index (χ2n) is 6.67. The summed E-state index contributed by atoms with van der Waals surface area (Å²) in [6, 6.07) is 12.6. The van der Waals surface area contributed by atoms with Crippen LogP contribution < -0.4 is 15.4 Å². The number of benzene rings is 2. The summed E-state index contributed by atoms with van der Waals surface area (Å²) in [5.74, 6) is 0.581. The number of carbonyl (C=O) groups is 2. The van der Waals surface area contributed by atoms with Crippen LogP contribution in [-0.2, 0) is 9.59 Å². The van der Waals surface area contributed by atoms with Crippen molar-refractivity contribution in [3.05, 3.63) is 64.4 Å². The van der Waals surface area contributed by atoms with Gasteiger partial charge >= 0.3 is 0 Å². The molecule has 0 saturated heterocycles. The predicted octanol–water partition coefficient (Wildman–Crippen LogP) is 3.30. The fourth-order valence-corrected chi connectivity index (χ4v) is 3.39. The Morgan fingerprint density at radius 2 is 2.21 bits per heavy atom. The molecule has 9 heteroatoms. The van der Waals surface area contributed by atoms with Crippen LogP contribution in [0.5, 0.6) is 5.75 Å². The highest BCUT2D eigenvalue weighted by Gasteiger charge is 2.27. The molecule has 2 amide bonds. The highest BCUT2D eigenvalue weighted by atomic mass is 79.9. The summed E-state index contributed by atoms with van der Waals surface area (Å²) in [6.45, 7) is 1.83. The van der Waals surface area contributed by atoms with Gasteiger partial charge in [-0.3, -0.25) is 14.9 Å². The number of halogens is 1. The van der Waals surface area contributed by atoms with E-state index in [0.717, 1.165) is 15.6 Å². The van der Waals surface area contributed by atoms with E-state index in [1.54, 1.807) is 10.7 Å². The third-order valence-corrected chi connectivity index (χ3v) is 5.44. The summed E-state index contributed by atoms with van der Waals surface area (Å²) in [5.41, 5.74) is 2.59. The lowest BCUT2D eigenvalue weighted by Crippen LogP contribution is -2.29. The van der Waals surface area contributed by atoms with Crippen LogP contribution in [0.4, 0.5) is 11.6 Å². The molecule has 0 radical (unpaired) electrons. The van der Waals surface area contributed by atoms with Crippen LogP contribution in [0.1, 0.15) is 23.6 Å². The number of ether oxygens (including phenoxy) is 1. The Morgan fingerprint density at radius 3 is 3.03 bits per heavy atom. The Labute approximate surface area is 175 Å². The molecule has 1 aliphatic heterocycles. The molecule has 0 aliphatic carbocycles. The minimum atomic E-state index is -0.274. The van der Waals surface area contributed by atoms with Crippen molar-refractivity contribution in [2.75, 3.05) is 17.2 Å². The standard InChI is InChI=1S/C20H18BrN5O3/c1-12-7-14(5-6-16(12)21)24-19(28)10-29-15-4-2-3-13(8-15)17-9-18(27)25-20-22-11-23-26(17)20/h2-8,11,17H,9-10H2,1H3,(H,24,28)(H,22,23,25,27)/t17-/m0/s1. The van der Waals surface area contributed by atoms with Crippen LogP contribution >= 0.6 is 15.9 Å². The number of nitrogens with zero attached hydrogens (tertiary/aromatic N) is 3. The number of aryl methyl sites for hydroxylation is 1. The van der Waals surface area contributed by atoms with Crippen molar-refractivity contribution in [3.8, 4) is 5.75 Å². The molecule has 1 atom stereocenters. The van der Waals surface area contributed by atoms with Gasteiger partial charge in [-0.15, -0.1) is 0 Å². The van der Waals surface area contributed by atoms with Crippen LogP contribution in [0.2, 0.25) is 0 Å². The Kier molecular flexibility index (Phi) is 5.30. The average Bonchev–Trinajstić information content (AvgIpc) is 3.17. The first kappa shape index (κ1) is 19.1. The van der Waals surface area contributed by atoms with Crippen molar-refractivity contribution in [1.82, 2.24) is 14.8 Å². The molecule has 0 bridgehead atoms. The Bertz CT molecular complexity index is 1080. The van der Waals surface area contributed by atoms with Crippen molar-refractivity contribution in [1.29, 1.82) is 0 Å². The van der Waals surface area contributed by atoms with Gasteiger partial charge in [0, 0.05) is 10.2 Å². The third-order valence-electron chi connectivity index (χ3n) is 4.55. The van der Waals surface area contributed by atoms with E-state index in [1.165, 1.54) is 6.33 Å². The van der Waals surface area contributed by atoms with E-state index in [4.69, 9.17) is 4.74 Å². The van der Waals surface area contributed by atoms with Gasteiger partial charge in [0.2, 0.25) is 11.9 Å². The van der Waals surface area contributed by atoms with Gasteiger partial charge in [0.25, 0.3) is 5.91 Å². The van der Waals surface area contributed by atoms with Crippen molar-refractivity contribution in [2.45, 2.75) is 19.4 Å². The van der Waals surface area contributed by atoms with Crippen LogP contribution in [0, 0.1) is 6.92 Å². The summed E-state index contributed by atoms with van der Waals surface area (Å²) in [4.78, 5) is 28.2. The first-order chi connectivity index (χ1) is 14.0. The number of rotatable bonds is 5. The number of aromatic nitrogens is 3. The molecule has 0 spiro atoms. The SMILES string of the molecule is Cc1cc(NC(=O)COc2cccc([C@@H]3CC(=O)Nc4ncnn43)c2)ccc1Br. The maximum atomic E-state index is 12.2. The smallest absolute Gasteiger partial charge is 0.262 e. The van der Waals surface area contributed by atoms with E-state index in [-0.39, 0.29) is 30.9 Å². The number of anilines is 2. The van der Waals surface area contributed by atoms with Gasteiger partial charge in [-0.2, -0.15) is 10.1 Å². The topological polar surface area (TPSA) is 98.1 Å². The lowest BCUT2D eigenvalue weighted by atomic mass is 10.0. The highest BCUT2D eigenvalue weighted by molar-refractivity contribution is 9.10. The van der Waals surface area contributed by atoms with Crippen molar-refractivity contribution in [3.63, 3.8) is 0 Å². The number of hydrogen-bond acceptors (Lipinski definition) is 5.